The number of nitrogens with one attached hydrogen (secondary N) is 1. The van der Waals surface area contributed by atoms with Crippen LogP contribution in [0.1, 0.15) is 19.0 Å². The Morgan fingerprint density at radius 2 is 2.26 bits per heavy atom. The standard InChI is InChI=1S/C14H15ClFN3/c1-14(2-3-17-8-14)13-7-18-9-19(13)12-5-10(15)4-11(16)6-12/h4-7,9,17H,2-3,8H2,1H3. The summed E-state index contributed by atoms with van der Waals surface area (Å²) in [5.74, 6) is -0.336. The summed E-state index contributed by atoms with van der Waals surface area (Å²) in [6, 6.07) is 4.53. The van der Waals surface area contributed by atoms with E-state index >= 15 is 0 Å². The summed E-state index contributed by atoms with van der Waals surface area (Å²) < 4.78 is 15.4. The molecule has 19 heavy (non-hydrogen) atoms. The van der Waals surface area contributed by atoms with Crippen LogP contribution in [0, 0.1) is 5.82 Å². The monoisotopic (exact) mass is 279 g/mol. The normalized spacial score (nSPS) is 22.9. The average molecular weight is 280 g/mol. The Bertz CT molecular complexity index is 582. The van der Waals surface area contributed by atoms with Gasteiger partial charge in [0, 0.05) is 28.9 Å². The van der Waals surface area contributed by atoms with Crippen LogP contribution in [-0.2, 0) is 5.41 Å². The third kappa shape index (κ3) is 2.26. The van der Waals surface area contributed by atoms with E-state index in [1.165, 1.54) is 12.1 Å². The van der Waals surface area contributed by atoms with E-state index in [0.29, 0.717) is 10.7 Å². The molecule has 1 aliphatic rings. The molecule has 1 aromatic carbocycles. The molecule has 0 bridgehead atoms. The van der Waals surface area contributed by atoms with Gasteiger partial charge in [-0.1, -0.05) is 18.5 Å². The molecule has 0 saturated carbocycles. The fourth-order valence-electron chi connectivity index (χ4n) is 2.66. The van der Waals surface area contributed by atoms with Crippen LogP contribution in [-0.4, -0.2) is 22.6 Å². The first-order chi connectivity index (χ1) is 9.08. The lowest BCUT2D eigenvalue weighted by molar-refractivity contribution is 0.498. The van der Waals surface area contributed by atoms with Gasteiger partial charge in [-0.25, -0.2) is 9.37 Å². The molecule has 2 aromatic rings. The first-order valence-electron chi connectivity index (χ1n) is 6.28. The minimum atomic E-state index is -0.336. The van der Waals surface area contributed by atoms with Gasteiger partial charge in [-0.2, -0.15) is 0 Å². The lowest BCUT2D eigenvalue weighted by Gasteiger charge is -2.24. The van der Waals surface area contributed by atoms with Crippen LogP contribution in [0.4, 0.5) is 4.39 Å². The van der Waals surface area contributed by atoms with E-state index in [2.05, 4.69) is 17.2 Å². The number of imidazole rings is 1. The van der Waals surface area contributed by atoms with Gasteiger partial charge in [0.1, 0.15) is 5.82 Å². The summed E-state index contributed by atoms with van der Waals surface area (Å²) in [5, 5.41) is 3.75. The highest BCUT2D eigenvalue weighted by Gasteiger charge is 2.33. The topological polar surface area (TPSA) is 29.9 Å². The minimum absolute atomic E-state index is 0.0231. The van der Waals surface area contributed by atoms with Gasteiger partial charge in [0.15, 0.2) is 0 Å². The highest BCUT2D eigenvalue weighted by molar-refractivity contribution is 6.30. The van der Waals surface area contributed by atoms with Crippen LogP contribution in [0.5, 0.6) is 0 Å². The second kappa shape index (κ2) is 4.62. The smallest absolute Gasteiger partial charge is 0.126 e. The van der Waals surface area contributed by atoms with Crippen LogP contribution in [0.2, 0.25) is 5.02 Å². The zero-order chi connectivity index (χ0) is 13.5. The van der Waals surface area contributed by atoms with Crippen molar-refractivity contribution in [3.8, 4) is 5.69 Å². The third-order valence-corrected chi connectivity index (χ3v) is 3.97. The van der Waals surface area contributed by atoms with Crippen molar-refractivity contribution >= 4 is 11.6 Å². The number of nitrogens with zero attached hydrogens (tertiary/aromatic N) is 2. The Kier molecular flexibility index (Phi) is 3.07. The molecule has 1 aliphatic heterocycles. The first-order valence-corrected chi connectivity index (χ1v) is 6.66. The summed E-state index contributed by atoms with van der Waals surface area (Å²) >= 11 is 5.93. The largest absolute Gasteiger partial charge is 0.316 e. The second-order valence-corrected chi connectivity index (χ2v) is 5.70. The van der Waals surface area contributed by atoms with Gasteiger partial charge in [-0.15, -0.1) is 0 Å². The molecule has 100 valence electrons. The molecule has 1 atom stereocenters. The molecular weight excluding hydrogens is 265 g/mol. The third-order valence-electron chi connectivity index (χ3n) is 3.75. The highest BCUT2D eigenvalue weighted by Crippen LogP contribution is 2.32. The molecule has 5 heteroatoms. The van der Waals surface area contributed by atoms with E-state index in [4.69, 9.17) is 11.6 Å². The van der Waals surface area contributed by atoms with Gasteiger partial charge in [-0.05, 0) is 31.2 Å². The maximum Gasteiger partial charge on any atom is 0.126 e. The molecule has 1 N–H and O–H groups in total. The quantitative estimate of drug-likeness (QED) is 0.916. The molecule has 3 nitrogen and oxygen atoms in total. The van der Waals surface area contributed by atoms with Gasteiger partial charge in [-0.3, -0.25) is 0 Å². The van der Waals surface area contributed by atoms with E-state index in [-0.39, 0.29) is 11.2 Å². The molecule has 1 saturated heterocycles. The molecular formula is C14H15ClFN3. The van der Waals surface area contributed by atoms with E-state index in [0.717, 1.165) is 25.2 Å². The Hall–Kier alpha value is -1.39. The molecule has 0 radical (unpaired) electrons. The van der Waals surface area contributed by atoms with Crippen molar-refractivity contribution in [2.24, 2.45) is 0 Å². The number of benzene rings is 1. The van der Waals surface area contributed by atoms with E-state index in [1.54, 1.807) is 12.4 Å². The zero-order valence-electron chi connectivity index (χ0n) is 10.7. The second-order valence-electron chi connectivity index (χ2n) is 5.26. The van der Waals surface area contributed by atoms with Crippen molar-refractivity contribution in [2.45, 2.75) is 18.8 Å². The van der Waals surface area contributed by atoms with Gasteiger partial charge in [0.05, 0.1) is 12.0 Å². The number of halogens is 2. The van der Waals surface area contributed by atoms with Crippen molar-refractivity contribution in [1.82, 2.24) is 14.9 Å². The Labute approximate surface area is 116 Å². The Balaban J connectivity index is 2.09. The summed E-state index contributed by atoms with van der Waals surface area (Å²) in [7, 11) is 0. The average Bonchev–Trinajstić information content (AvgIpc) is 2.96. The summed E-state index contributed by atoms with van der Waals surface area (Å²) in [5.41, 5.74) is 1.82. The summed E-state index contributed by atoms with van der Waals surface area (Å²) in [4.78, 5) is 4.22. The highest BCUT2D eigenvalue weighted by atomic mass is 35.5. The van der Waals surface area contributed by atoms with E-state index < -0.39 is 0 Å². The summed E-state index contributed by atoms with van der Waals surface area (Å²) in [6.07, 6.45) is 4.61. The molecule has 3 rings (SSSR count). The number of hydrogen-bond acceptors (Lipinski definition) is 2. The maximum absolute atomic E-state index is 13.5. The SMILES string of the molecule is CC1(c2cncn2-c2cc(F)cc(Cl)c2)CCNC1. The van der Waals surface area contributed by atoms with Crippen molar-refractivity contribution in [2.75, 3.05) is 13.1 Å². The Morgan fingerprint density at radius 1 is 1.42 bits per heavy atom. The van der Waals surface area contributed by atoms with E-state index in [1.807, 2.05) is 10.8 Å². The van der Waals surface area contributed by atoms with Crippen molar-refractivity contribution < 1.29 is 4.39 Å². The summed E-state index contributed by atoms with van der Waals surface area (Å²) in [6.45, 7) is 4.09. The predicted molar refractivity (Wildman–Crippen MR) is 73.4 cm³/mol. The van der Waals surface area contributed by atoms with Crippen LogP contribution < -0.4 is 5.32 Å². The van der Waals surface area contributed by atoms with Crippen LogP contribution in [0.3, 0.4) is 0 Å². The van der Waals surface area contributed by atoms with Crippen LogP contribution in [0.15, 0.2) is 30.7 Å². The van der Waals surface area contributed by atoms with Crippen molar-refractivity contribution in [3.63, 3.8) is 0 Å². The fraction of sp³-hybridized carbons (Fsp3) is 0.357. The molecule has 0 amide bonds. The number of aromatic nitrogens is 2. The van der Waals surface area contributed by atoms with Gasteiger partial charge < -0.3 is 9.88 Å². The lowest BCUT2D eigenvalue weighted by atomic mass is 9.86. The minimum Gasteiger partial charge on any atom is -0.316 e. The molecule has 0 aliphatic carbocycles. The van der Waals surface area contributed by atoms with E-state index in [9.17, 15) is 4.39 Å². The van der Waals surface area contributed by atoms with Gasteiger partial charge in [0.2, 0.25) is 0 Å². The van der Waals surface area contributed by atoms with Gasteiger partial charge >= 0.3 is 0 Å². The van der Waals surface area contributed by atoms with Gasteiger partial charge in [0.25, 0.3) is 0 Å². The Morgan fingerprint density at radius 3 is 2.95 bits per heavy atom. The first kappa shape index (κ1) is 12.6. The molecule has 0 spiro atoms. The fourth-order valence-corrected chi connectivity index (χ4v) is 2.88. The zero-order valence-corrected chi connectivity index (χ0v) is 11.4. The number of rotatable bonds is 2. The molecule has 1 unspecified atom stereocenters. The molecule has 1 fully saturated rings. The van der Waals surface area contributed by atoms with Crippen molar-refractivity contribution in [3.05, 3.63) is 47.3 Å². The van der Waals surface area contributed by atoms with Crippen LogP contribution in [0.25, 0.3) is 5.69 Å². The predicted octanol–water partition coefficient (Wildman–Crippen LogP) is 2.92. The van der Waals surface area contributed by atoms with Crippen LogP contribution >= 0.6 is 11.6 Å². The number of hydrogen-bond donors (Lipinski definition) is 1. The lowest BCUT2D eigenvalue weighted by Crippen LogP contribution is -2.27. The van der Waals surface area contributed by atoms with Crippen molar-refractivity contribution in [1.29, 1.82) is 0 Å². The molecule has 1 aromatic heterocycles. The maximum atomic E-state index is 13.5. The molecule has 2 heterocycles.